The van der Waals surface area contributed by atoms with Crippen LogP contribution in [0.25, 0.3) is 16.2 Å². The van der Waals surface area contributed by atoms with Crippen LogP contribution in [-0.2, 0) is 4.79 Å². The van der Waals surface area contributed by atoms with Crippen LogP contribution in [0.2, 0.25) is 0 Å². The Labute approximate surface area is 144 Å². The van der Waals surface area contributed by atoms with Crippen molar-refractivity contribution in [2.75, 3.05) is 31.1 Å². The summed E-state index contributed by atoms with van der Waals surface area (Å²) in [6, 6.07) is 8.21. The van der Waals surface area contributed by atoms with Gasteiger partial charge in [0, 0.05) is 50.9 Å². The molecule has 0 unspecified atom stereocenters. The Hall–Kier alpha value is -2.41. The van der Waals surface area contributed by atoms with Crippen molar-refractivity contribution in [3.8, 4) is 10.6 Å². The predicted octanol–water partition coefficient (Wildman–Crippen LogP) is 2.43. The highest BCUT2D eigenvalue weighted by Crippen LogP contribution is 2.27. The van der Waals surface area contributed by atoms with Gasteiger partial charge in [-0.15, -0.1) is 11.3 Å². The van der Waals surface area contributed by atoms with Crippen LogP contribution < -0.4 is 4.90 Å². The fourth-order valence-corrected chi connectivity index (χ4v) is 3.78. The molecule has 0 aliphatic carbocycles. The van der Waals surface area contributed by atoms with Gasteiger partial charge in [-0.3, -0.25) is 4.79 Å². The quantitative estimate of drug-likeness (QED) is 0.718. The summed E-state index contributed by atoms with van der Waals surface area (Å²) in [4.78, 5) is 21.5. The summed E-state index contributed by atoms with van der Waals surface area (Å²) >= 11 is 1.68. The highest BCUT2D eigenvalue weighted by Gasteiger charge is 2.22. The van der Waals surface area contributed by atoms with E-state index in [0.717, 1.165) is 53.9 Å². The number of hydrogen-bond acceptors (Lipinski definition) is 5. The van der Waals surface area contributed by atoms with Crippen LogP contribution in [0.4, 0.5) is 5.82 Å². The molecule has 0 spiro atoms. The van der Waals surface area contributed by atoms with E-state index in [-0.39, 0.29) is 5.91 Å². The Balaban J connectivity index is 1.71. The third-order valence-electron chi connectivity index (χ3n) is 4.36. The number of nitrogens with zero attached hydrogens (tertiary/aromatic N) is 5. The molecule has 1 aliphatic rings. The Kier molecular flexibility index (Phi) is 3.72. The van der Waals surface area contributed by atoms with Crippen molar-refractivity contribution in [2.24, 2.45) is 0 Å². The summed E-state index contributed by atoms with van der Waals surface area (Å²) in [5.74, 6) is 1.19. The Morgan fingerprint density at radius 1 is 1.21 bits per heavy atom. The molecule has 124 valence electrons. The van der Waals surface area contributed by atoms with Crippen LogP contribution in [0.5, 0.6) is 0 Å². The average Bonchev–Trinajstić information content (AvgIpc) is 3.23. The van der Waals surface area contributed by atoms with Crippen LogP contribution in [0.1, 0.15) is 12.6 Å². The zero-order valence-corrected chi connectivity index (χ0v) is 14.6. The van der Waals surface area contributed by atoms with Crippen molar-refractivity contribution < 1.29 is 4.79 Å². The maximum atomic E-state index is 11.5. The van der Waals surface area contributed by atoms with Crippen molar-refractivity contribution in [1.82, 2.24) is 19.5 Å². The van der Waals surface area contributed by atoms with Gasteiger partial charge in [0.05, 0.1) is 4.88 Å². The second kappa shape index (κ2) is 5.90. The lowest BCUT2D eigenvalue weighted by molar-refractivity contribution is -0.129. The molecular formula is C17H19N5OS. The Morgan fingerprint density at radius 3 is 2.67 bits per heavy atom. The fourth-order valence-electron chi connectivity index (χ4n) is 3.10. The third-order valence-corrected chi connectivity index (χ3v) is 5.25. The fraction of sp³-hybridized carbons (Fsp3) is 0.353. The molecule has 1 aliphatic heterocycles. The van der Waals surface area contributed by atoms with Gasteiger partial charge in [-0.05, 0) is 18.4 Å². The molecule has 0 atom stereocenters. The molecule has 4 rings (SSSR count). The van der Waals surface area contributed by atoms with Crippen molar-refractivity contribution in [2.45, 2.75) is 13.8 Å². The number of anilines is 1. The SMILES string of the molecule is CC(=O)N1CCN(c2cc(C)nc3cc(-c4cccs4)nn23)CC1. The number of carbonyl (C=O) groups is 1. The van der Waals surface area contributed by atoms with Gasteiger partial charge < -0.3 is 9.80 Å². The van der Waals surface area contributed by atoms with Crippen LogP contribution in [0.3, 0.4) is 0 Å². The molecule has 0 N–H and O–H groups in total. The first kappa shape index (κ1) is 15.1. The summed E-state index contributed by atoms with van der Waals surface area (Å²) in [7, 11) is 0. The molecular weight excluding hydrogens is 322 g/mol. The van der Waals surface area contributed by atoms with E-state index in [1.54, 1.807) is 18.3 Å². The molecule has 7 heteroatoms. The summed E-state index contributed by atoms with van der Waals surface area (Å²) in [6.07, 6.45) is 0. The van der Waals surface area contributed by atoms with Crippen LogP contribution in [-0.4, -0.2) is 51.6 Å². The maximum absolute atomic E-state index is 11.5. The number of rotatable bonds is 2. The molecule has 0 saturated carbocycles. The number of amides is 1. The van der Waals surface area contributed by atoms with Crippen molar-refractivity contribution in [1.29, 1.82) is 0 Å². The third kappa shape index (κ3) is 2.65. The lowest BCUT2D eigenvalue weighted by Gasteiger charge is -2.35. The number of aryl methyl sites for hydroxylation is 1. The van der Waals surface area contributed by atoms with E-state index in [9.17, 15) is 4.79 Å². The summed E-state index contributed by atoms with van der Waals surface area (Å²) in [6.45, 7) is 6.76. The molecule has 0 radical (unpaired) electrons. The van der Waals surface area contributed by atoms with Gasteiger partial charge in [-0.2, -0.15) is 9.61 Å². The van der Waals surface area contributed by atoms with Gasteiger partial charge in [0.1, 0.15) is 11.5 Å². The number of thiophene rings is 1. The summed E-state index contributed by atoms with van der Waals surface area (Å²) in [5, 5.41) is 6.82. The first-order valence-electron chi connectivity index (χ1n) is 8.03. The average molecular weight is 341 g/mol. The lowest BCUT2D eigenvalue weighted by Crippen LogP contribution is -2.48. The first-order chi connectivity index (χ1) is 11.6. The number of hydrogen-bond donors (Lipinski definition) is 0. The van der Waals surface area contributed by atoms with E-state index in [0.29, 0.717) is 0 Å². The van der Waals surface area contributed by atoms with E-state index in [2.05, 4.69) is 27.4 Å². The van der Waals surface area contributed by atoms with Crippen LogP contribution >= 0.6 is 11.3 Å². The Morgan fingerprint density at radius 2 is 2.00 bits per heavy atom. The standard InChI is InChI=1S/C17H19N5OS/c1-12-10-17(21-7-5-20(6-8-21)13(2)23)22-16(18-12)11-14(19-22)15-4-3-9-24-15/h3-4,9-11H,5-8H2,1-2H3. The maximum Gasteiger partial charge on any atom is 0.219 e. The minimum absolute atomic E-state index is 0.143. The van der Waals surface area contributed by atoms with Gasteiger partial charge in [0.25, 0.3) is 0 Å². The number of piperazine rings is 1. The van der Waals surface area contributed by atoms with Gasteiger partial charge in [-0.25, -0.2) is 4.98 Å². The van der Waals surface area contributed by atoms with Crippen LogP contribution in [0, 0.1) is 6.92 Å². The monoisotopic (exact) mass is 341 g/mol. The molecule has 24 heavy (non-hydrogen) atoms. The highest BCUT2D eigenvalue weighted by atomic mass is 32.1. The van der Waals surface area contributed by atoms with Gasteiger partial charge in [0.15, 0.2) is 5.65 Å². The second-order valence-electron chi connectivity index (χ2n) is 6.03. The summed E-state index contributed by atoms with van der Waals surface area (Å²) in [5.41, 5.74) is 2.79. The van der Waals surface area contributed by atoms with Crippen LogP contribution in [0.15, 0.2) is 29.6 Å². The minimum atomic E-state index is 0.143. The molecule has 1 fully saturated rings. The zero-order chi connectivity index (χ0) is 16.7. The largest absolute Gasteiger partial charge is 0.353 e. The number of fused-ring (bicyclic) bond motifs is 1. The Bertz CT molecular complexity index is 878. The molecule has 3 aromatic heterocycles. The number of aromatic nitrogens is 3. The van der Waals surface area contributed by atoms with E-state index in [4.69, 9.17) is 5.10 Å². The van der Waals surface area contributed by atoms with Gasteiger partial charge >= 0.3 is 0 Å². The van der Waals surface area contributed by atoms with E-state index < -0.39 is 0 Å². The summed E-state index contributed by atoms with van der Waals surface area (Å²) < 4.78 is 1.92. The second-order valence-corrected chi connectivity index (χ2v) is 6.97. The molecule has 1 amide bonds. The van der Waals surface area contributed by atoms with Crippen molar-refractivity contribution in [3.05, 3.63) is 35.3 Å². The topological polar surface area (TPSA) is 53.7 Å². The van der Waals surface area contributed by atoms with Crippen molar-refractivity contribution in [3.63, 3.8) is 0 Å². The smallest absolute Gasteiger partial charge is 0.219 e. The van der Waals surface area contributed by atoms with Gasteiger partial charge in [0.2, 0.25) is 5.91 Å². The highest BCUT2D eigenvalue weighted by molar-refractivity contribution is 7.13. The molecule has 0 bridgehead atoms. The lowest BCUT2D eigenvalue weighted by atomic mass is 10.3. The predicted molar refractivity (Wildman–Crippen MR) is 95.5 cm³/mol. The van der Waals surface area contributed by atoms with Gasteiger partial charge in [-0.1, -0.05) is 6.07 Å². The minimum Gasteiger partial charge on any atom is -0.353 e. The molecule has 0 aromatic carbocycles. The zero-order valence-electron chi connectivity index (χ0n) is 13.8. The first-order valence-corrected chi connectivity index (χ1v) is 8.91. The molecule has 1 saturated heterocycles. The van der Waals surface area contributed by atoms with Crippen molar-refractivity contribution >= 4 is 28.7 Å². The van der Waals surface area contributed by atoms with E-state index >= 15 is 0 Å². The molecule has 6 nitrogen and oxygen atoms in total. The normalized spacial score (nSPS) is 15.2. The molecule has 4 heterocycles. The molecule has 3 aromatic rings. The number of carbonyl (C=O) groups excluding carboxylic acids is 1. The van der Waals surface area contributed by atoms with E-state index in [1.165, 1.54) is 0 Å². The van der Waals surface area contributed by atoms with E-state index in [1.807, 2.05) is 28.5 Å².